The zero-order chi connectivity index (χ0) is 21.1. The Hall–Kier alpha value is -2.14. The number of piperidine rings is 1. The summed E-state index contributed by atoms with van der Waals surface area (Å²) < 4.78 is 5.26. The van der Waals surface area contributed by atoms with Crippen molar-refractivity contribution in [1.29, 1.82) is 5.26 Å². The highest BCUT2D eigenvalue weighted by atomic mass is 35.5. The highest BCUT2D eigenvalue weighted by Crippen LogP contribution is 2.21. The van der Waals surface area contributed by atoms with Gasteiger partial charge in [-0.05, 0) is 57.5 Å². The lowest BCUT2D eigenvalue weighted by molar-refractivity contribution is -0.126. The molecular formula is C21H29ClN4O3. The minimum absolute atomic E-state index is 0.0490. The maximum absolute atomic E-state index is 12.2. The van der Waals surface area contributed by atoms with Gasteiger partial charge in [0.15, 0.2) is 0 Å². The second-order valence-electron chi connectivity index (χ2n) is 7.06. The van der Waals surface area contributed by atoms with E-state index in [1.54, 1.807) is 18.2 Å². The van der Waals surface area contributed by atoms with Crippen molar-refractivity contribution in [3.8, 4) is 6.07 Å². The van der Waals surface area contributed by atoms with E-state index < -0.39 is 0 Å². The fraction of sp³-hybridized carbons (Fsp3) is 0.571. The minimum Gasteiger partial charge on any atom is -0.382 e. The standard InChI is InChI=1S/C21H29ClN4O3/c1-2-29-13-3-9-24-21(28)16-6-10-26(11-7-16)12-8-20(27)25-18-5-4-17(15-23)19(22)14-18/h4-5,14,16H,2-3,6-13H2,1H3,(H,24,28)(H,25,27). The van der Waals surface area contributed by atoms with Gasteiger partial charge in [-0.3, -0.25) is 9.59 Å². The molecule has 1 heterocycles. The zero-order valence-corrected chi connectivity index (χ0v) is 17.6. The Balaban J connectivity index is 1.64. The molecule has 8 heteroatoms. The molecule has 2 N–H and O–H groups in total. The van der Waals surface area contributed by atoms with Crippen LogP contribution in [0.5, 0.6) is 0 Å². The van der Waals surface area contributed by atoms with Crippen LogP contribution in [0.1, 0.15) is 38.2 Å². The average molecular weight is 421 g/mol. The van der Waals surface area contributed by atoms with E-state index in [0.717, 1.165) is 32.4 Å². The van der Waals surface area contributed by atoms with Gasteiger partial charge >= 0.3 is 0 Å². The Morgan fingerprint density at radius 3 is 2.76 bits per heavy atom. The summed E-state index contributed by atoms with van der Waals surface area (Å²) in [5.41, 5.74) is 0.963. The molecule has 1 aliphatic rings. The molecule has 0 atom stereocenters. The van der Waals surface area contributed by atoms with E-state index in [4.69, 9.17) is 21.6 Å². The number of rotatable bonds is 10. The Morgan fingerprint density at radius 2 is 2.10 bits per heavy atom. The summed E-state index contributed by atoms with van der Waals surface area (Å²) in [5, 5.41) is 15.0. The Bertz CT molecular complexity index is 727. The van der Waals surface area contributed by atoms with Crippen LogP contribution in [-0.4, -0.2) is 56.1 Å². The first-order valence-corrected chi connectivity index (χ1v) is 10.5. The molecule has 1 fully saturated rings. The number of hydrogen-bond donors (Lipinski definition) is 2. The van der Waals surface area contributed by atoms with Crippen LogP contribution in [0.25, 0.3) is 0 Å². The molecule has 1 aliphatic heterocycles. The van der Waals surface area contributed by atoms with Crippen LogP contribution in [0.4, 0.5) is 5.69 Å². The van der Waals surface area contributed by atoms with Crippen LogP contribution in [0.3, 0.4) is 0 Å². The monoisotopic (exact) mass is 420 g/mol. The largest absolute Gasteiger partial charge is 0.382 e. The summed E-state index contributed by atoms with van der Waals surface area (Å²) in [6.45, 7) is 6.26. The zero-order valence-electron chi connectivity index (χ0n) is 16.9. The molecule has 1 aromatic carbocycles. The van der Waals surface area contributed by atoms with Crippen molar-refractivity contribution >= 4 is 29.1 Å². The van der Waals surface area contributed by atoms with Gasteiger partial charge in [0, 0.05) is 44.3 Å². The quantitative estimate of drug-likeness (QED) is 0.567. The normalized spacial score (nSPS) is 14.9. The molecule has 29 heavy (non-hydrogen) atoms. The predicted octanol–water partition coefficient (Wildman–Crippen LogP) is 2.80. The molecule has 7 nitrogen and oxygen atoms in total. The van der Waals surface area contributed by atoms with Crippen LogP contribution < -0.4 is 10.6 Å². The van der Waals surface area contributed by atoms with E-state index in [9.17, 15) is 9.59 Å². The minimum atomic E-state index is -0.0973. The fourth-order valence-corrected chi connectivity index (χ4v) is 3.48. The smallest absolute Gasteiger partial charge is 0.225 e. The molecule has 0 radical (unpaired) electrons. The number of nitrogens with one attached hydrogen (secondary N) is 2. The lowest BCUT2D eigenvalue weighted by Crippen LogP contribution is -2.41. The van der Waals surface area contributed by atoms with Gasteiger partial charge in [-0.1, -0.05) is 11.6 Å². The summed E-state index contributed by atoms with van der Waals surface area (Å²) in [5.74, 6) is 0.0736. The number of halogens is 1. The molecule has 1 saturated heterocycles. The maximum atomic E-state index is 12.2. The van der Waals surface area contributed by atoms with Gasteiger partial charge < -0.3 is 20.3 Å². The summed E-state index contributed by atoms with van der Waals surface area (Å²) in [7, 11) is 0. The molecule has 0 spiro atoms. The van der Waals surface area contributed by atoms with Crippen LogP contribution in [-0.2, 0) is 14.3 Å². The molecule has 2 amide bonds. The highest BCUT2D eigenvalue weighted by molar-refractivity contribution is 6.32. The van der Waals surface area contributed by atoms with Crippen molar-refractivity contribution < 1.29 is 14.3 Å². The van der Waals surface area contributed by atoms with Crippen LogP contribution in [0, 0.1) is 17.2 Å². The van der Waals surface area contributed by atoms with E-state index in [2.05, 4.69) is 15.5 Å². The van der Waals surface area contributed by atoms with Crippen molar-refractivity contribution in [3.63, 3.8) is 0 Å². The lowest BCUT2D eigenvalue weighted by atomic mass is 9.96. The topological polar surface area (TPSA) is 94.5 Å². The van der Waals surface area contributed by atoms with Crippen LogP contribution in [0.2, 0.25) is 5.02 Å². The van der Waals surface area contributed by atoms with Gasteiger partial charge in [0.1, 0.15) is 6.07 Å². The predicted molar refractivity (Wildman–Crippen MR) is 113 cm³/mol. The molecule has 0 aromatic heterocycles. The van der Waals surface area contributed by atoms with Gasteiger partial charge in [-0.25, -0.2) is 0 Å². The number of benzene rings is 1. The Labute approximate surface area is 177 Å². The van der Waals surface area contributed by atoms with Gasteiger partial charge in [0.25, 0.3) is 0 Å². The van der Waals surface area contributed by atoms with E-state index in [1.165, 1.54) is 0 Å². The number of likely N-dealkylation sites (tertiary alicyclic amines) is 1. The Kier molecular flexibility index (Phi) is 9.92. The van der Waals surface area contributed by atoms with E-state index >= 15 is 0 Å². The summed E-state index contributed by atoms with van der Waals surface area (Å²) in [4.78, 5) is 26.6. The average Bonchev–Trinajstić information content (AvgIpc) is 2.72. The van der Waals surface area contributed by atoms with Gasteiger partial charge in [0.2, 0.25) is 11.8 Å². The van der Waals surface area contributed by atoms with E-state index in [-0.39, 0.29) is 17.7 Å². The van der Waals surface area contributed by atoms with Gasteiger partial charge in [0.05, 0.1) is 10.6 Å². The number of nitrogens with zero attached hydrogens (tertiary/aromatic N) is 2. The van der Waals surface area contributed by atoms with Crippen molar-refractivity contribution in [2.45, 2.75) is 32.6 Å². The number of carbonyl (C=O) groups excluding carboxylic acids is 2. The molecular weight excluding hydrogens is 392 g/mol. The van der Waals surface area contributed by atoms with Gasteiger partial charge in [-0.15, -0.1) is 0 Å². The molecule has 0 aliphatic carbocycles. The van der Waals surface area contributed by atoms with Crippen molar-refractivity contribution in [2.75, 3.05) is 44.7 Å². The van der Waals surface area contributed by atoms with E-state index in [0.29, 0.717) is 49.0 Å². The first-order chi connectivity index (χ1) is 14.0. The summed E-state index contributed by atoms with van der Waals surface area (Å²) >= 11 is 5.98. The molecule has 0 unspecified atom stereocenters. The highest BCUT2D eigenvalue weighted by Gasteiger charge is 2.24. The fourth-order valence-electron chi connectivity index (χ4n) is 3.26. The van der Waals surface area contributed by atoms with Gasteiger partial charge in [-0.2, -0.15) is 5.26 Å². The number of amides is 2. The molecule has 1 aromatic rings. The first kappa shape index (κ1) is 23.1. The number of ether oxygens (including phenoxy) is 1. The Morgan fingerprint density at radius 1 is 1.34 bits per heavy atom. The van der Waals surface area contributed by atoms with E-state index in [1.807, 2.05) is 13.0 Å². The molecule has 2 rings (SSSR count). The first-order valence-electron chi connectivity index (χ1n) is 10.1. The van der Waals surface area contributed by atoms with Crippen molar-refractivity contribution in [3.05, 3.63) is 28.8 Å². The summed E-state index contributed by atoms with van der Waals surface area (Å²) in [6, 6.07) is 6.82. The SMILES string of the molecule is CCOCCCNC(=O)C1CCN(CCC(=O)Nc2ccc(C#N)c(Cl)c2)CC1. The van der Waals surface area contributed by atoms with Crippen LogP contribution >= 0.6 is 11.6 Å². The second kappa shape index (κ2) is 12.4. The molecule has 0 saturated carbocycles. The second-order valence-corrected chi connectivity index (χ2v) is 7.47. The number of hydrogen-bond acceptors (Lipinski definition) is 5. The lowest BCUT2D eigenvalue weighted by Gasteiger charge is -2.31. The maximum Gasteiger partial charge on any atom is 0.225 e. The number of anilines is 1. The number of nitriles is 1. The van der Waals surface area contributed by atoms with Crippen molar-refractivity contribution in [1.82, 2.24) is 10.2 Å². The van der Waals surface area contributed by atoms with Crippen LogP contribution in [0.15, 0.2) is 18.2 Å². The third-order valence-electron chi connectivity index (χ3n) is 4.96. The summed E-state index contributed by atoms with van der Waals surface area (Å²) in [6.07, 6.45) is 2.82. The number of carbonyl (C=O) groups is 2. The third kappa shape index (κ3) is 8.01. The van der Waals surface area contributed by atoms with Crippen molar-refractivity contribution in [2.24, 2.45) is 5.92 Å². The molecule has 158 valence electrons. The third-order valence-corrected chi connectivity index (χ3v) is 5.27. The molecule has 0 bridgehead atoms.